The highest BCUT2D eigenvalue weighted by Gasteiger charge is 2.48. The molecule has 3 rings (SSSR count). The van der Waals surface area contributed by atoms with Gasteiger partial charge in [-0.25, -0.2) is 4.98 Å². The molecule has 1 unspecified atom stereocenters. The molecule has 0 saturated heterocycles. The molecule has 0 aromatic carbocycles. The number of alkyl halides is 3. The fourth-order valence-electron chi connectivity index (χ4n) is 2.89. The van der Waals surface area contributed by atoms with Gasteiger partial charge in [-0.05, 0) is 61.7 Å². The lowest BCUT2D eigenvalue weighted by Gasteiger charge is -2.28. The van der Waals surface area contributed by atoms with E-state index in [0.29, 0.717) is 28.5 Å². The predicted molar refractivity (Wildman–Crippen MR) is 105 cm³/mol. The summed E-state index contributed by atoms with van der Waals surface area (Å²) in [5.74, 6) is 0. The van der Waals surface area contributed by atoms with Crippen LogP contribution in [0.15, 0.2) is 22.9 Å². The topological polar surface area (TPSA) is 76.7 Å². The molecule has 2 atom stereocenters. The minimum absolute atomic E-state index is 0.0474. The zero-order chi connectivity index (χ0) is 20.9. The monoisotopic (exact) mass is 476 g/mol. The lowest BCUT2D eigenvalue weighted by molar-refractivity contribution is -0.152. The molecular formula is C18H20BrF3N4OS. The van der Waals surface area contributed by atoms with E-state index in [4.69, 9.17) is 0 Å². The van der Waals surface area contributed by atoms with E-state index in [1.165, 1.54) is 6.20 Å². The Morgan fingerprint density at radius 2 is 2.04 bits per heavy atom. The van der Waals surface area contributed by atoms with Crippen molar-refractivity contribution in [3.05, 3.63) is 28.5 Å². The molecule has 1 aliphatic carbocycles. The number of nitriles is 1. The van der Waals surface area contributed by atoms with Crippen LogP contribution in [0.4, 0.5) is 13.2 Å². The van der Waals surface area contributed by atoms with Gasteiger partial charge >= 0.3 is 6.18 Å². The van der Waals surface area contributed by atoms with Crippen molar-refractivity contribution in [3.8, 4) is 6.07 Å². The summed E-state index contributed by atoms with van der Waals surface area (Å²) in [5, 5.41) is 9.69. The van der Waals surface area contributed by atoms with Gasteiger partial charge in [-0.1, -0.05) is 0 Å². The van der Waals surface area contributed by atoms with Crippen molar-refractivity contribution in [1.82, 2.24) is 14.3 Å². The van der Waals surface area contributed by atoms with Crippen LogP contribution in [0.1, 0.15) is 45.2 Å². The third kappa shape index (κ3) is 4.32. The maximum absolute atomic E-state index is 13.9. The second kappa shape index (κ2) is 7.20. The Bertz CT molecular complexity index is 928. The first-order valence-corrected chi connectivity index (χ1v) is 10.6. The largest absolute Gasteiger partial charge is 0.598 e. The van der Waals surface area contributed by atoms with Crippen molar-refractivity contribution < 1.29 is 17.7 Å². The molecule has 0 bridgehead atoms. The number of aromatic nitrogens is 2. The minimum atomic E-state index is -4.65. The third-order valence-electron chi connectivity index (χ3n) is 4.70. The molecule has 0 spiro atoms. The van der Waals surface area contributed by atoms with Crippen LogP contribution < -0.4 is 4.72 Å². The van der Waals surface area contributed by atoms with Gasteiger partial charge < -0.3 is 9.12 Å². The van der Waals surface area contributed by atoms with Gasteiger partial charge in [0.25, 0.3) is 0 Å². The lowest BCUT2D eigenvalue weighted by Crippen LogP contribution is -2.45. The second-order valence-electron chi connectivity index (χ2n) is 8.08. The molecule has 0 aliphatic heterocycles. The van der Waals surface area contributed by atoms with Gasteiger partial charge in [-0.15, -0.1) is 4.72 Å². The maximum Gasteiger partial charge on any atom is 0.412 e. The molecule has 2 aromatic heterocycles. The van der Waals surface area contributed by atoms with Crippen LogP contribution >= 0.6 is 15.9 Å². The van der Waals surface area contributed by atoms with E-state index in [0.717, 1.165) is 0 Å². The Labute approximate surface area is 172 Å². The molecule has 1 saturated carbocycles. The van der Waals surface area contributed by atoms with Crippen LogP contribution in [0.25, 0.3) is 11.0 Å². The van der Waals surface area contributed by atoms with Crippen LogP contribution in [0, 0.1) is 16.7 Å². The first kappa shape index (κ1) is 21.4. The Kier molecular flexibility index (Phi) is 5.51. The number of halogens is 4. The first-order valence-electron chi connectivity index (χ1n) is 8.68. The molecule has 0 radical (unpaired) electrons. The van der Waals surface area contributed by atoms with E-state index in [-0.39, 0.29) is 12.1 Å². The van der Waals surface area contributed by atoms with Crippen LogP contribution in [0.2, 0.25) is 0 Å². The van der Waals surface area contributed by atoms with Gasteiger partial charge in [-0.3, -0.25) is 0 Å². The van der Waals surface area contributed by atoms with Crippen molar-refractivity contribution in [2.45, 2.75) is 57.1 Å². The molecule has 28 heavy (non-hydrogen) atoms. The van der Waals surface area contributed by atoms with E-state index in [2.05, 4.69) is 31.7 Å². The van der Waals surface area contributed by atoms with Gasteiger partial charge in [0, 0.05) is 35.1 Å². The van der Waals surface area contributed by atoms with Crippen molar-refractivity contribution in [2.75, 3.05) is 0 Å². The Balaban J connectivity index is 2.10. The van der Waals surface area contributed by atoms with Crippen LogP contribution in [-0.2, 0) is 17.9 Å². The zero-order valence-corrected chi connectivity index (χ0v) is 18.0. The van der Waals surface area contributed by atoms with E-state index in [9.17, 15) is 23.0 Å². The summed E-state index contributed by atoms with van der Waals surface area (Å²) < 4.78 is 57.6. The number of pyridine rings is 1. The van der Waals surface area contributed by atoms with Crippen LogP contribution in [-0.4, -0.2) is 25.0 Å². The van der Waals surface area contributed by atoms with Crippen LogP contribution in [0.5, 0.6) is 0 Å². The fraction of sp³-hybridized carbons (Fsp3) is 0.556. The first-order chi connectivity index (χ1) is 12.9. The summed E-state index contributed by atoms with van der Waals surface area (Å²) >= 11 is 1.33. The summed E-state index contributed by atoms with van der Waals surface area (Å²) in [4.78, 5) is 4.33. The normalized spacial score (nSPS) is 18.7. The predicted octanol–water partition coefficient (Wildman–Crippen LogP) is 4.76. The number of hydrogen-bond donors (Lipinski definition) is 1. The average molecular weight is 477 g/mol. The van der Waals surface area contributed by atoms with E-state index < -0.39 is 33.7 Å². The summed E-state index contributed by atoms with van der Waals surface area (Å²) in [6.45, 7) is 5.09. The molecule has 5 nitrogen and oxygen atoms in total. The molecule has 10 heteroatoms. The molecule has 2 aromatic rings. The number of nitrogens with one attached hydrogen (secondary N) is 1. The Morgan fingerprint density at radius 1 is 1.39 bits per heavy atom. The number of fused-ring (bicyclic) bond motifs is 1. The van der Waals surface area contributed by atoms with E-state index in [1.807, 2.05) is 0 Å². The average Bonchev–Trinajstić information content (AvgIpc) is 3.27. The van der Waals surface area contributed by atoms with Gasteiger partial charge in [-0.2, -0.15) is 18.4 Å². The number of nitrogens with zero attached hydrogens (tertiary/aromatic N) is 3. The molecule has 1 N–H and O–H groups in total. The van der Waals surface area contributed by atoms with Crippen molar-refractivity contribution >= 4 is 38.3 Å². The highest BCUT2D eigenvalue weighted by Crippen LogP contribution is 2.47. The molecule has 152 valence electrons. The van der Waals surface area contributed by atoms with Gasteiger partial charge in [0.2, 0.25) is 0 Å². The smallest absolute Gasteiger partial charge is 0.412 e. The highest BCUT2D eigenvalue weighted by molar-refractivity contribution is 9.10. The highest BCUT2D eigenvalue weighted by atomic mass is 79.9. The standard InChI is InChI=1S/C18H20BrF3N4OS/c1-16(2,3)28(27)25-14(18(20,21)22)12-8-26(10-17(9-23)6-7-17)15-11(12)4-5-13(19)24-15/h4-5,8,14,25H,6-7,10H2,1-3H3/t14?,28-/m0/s1. The van der Waals surface area contributed by atoms with E-state index >= 15 is 0 Å². The molecule has 2 heterocycles. The molecule has 0 amide bonds. The van der Waals surface area contributed by atoms with Gasteiger partial charge in [0.1, 0.15) is 15.0 Å². The van der Waals surface area contributed by atoms with Crippen molar-refractivity contribution in [2.24, 2.45) is 5.41 Å². The number of rotatable bonds is 5. The summed E-state index contributed by atoms with van der Waals surface area (Å²) in [5.41, 5.74) is -0.236. The Hall–Kier alpha value is -1.28. The van der Waals surface area contributed by atoms with E-state index in [1.54, 1.807) is 37.5 Å². The maximum atomic E-state index is 13.9. The lowest BCUT2D eigenvalue weighted by atomic mass is 10.1. The summed E-state index contributed by atoms with van der Waals surface area (Å²) in [7, 11) is 0. The molecule has 1 fully saturated rings. The zero-order valence-electron chi connectivity index (χ0n) is 15.6. The minimum Gasteiger partial charge on any atom is -0.598 e. The third-order valence-corrected chi connectivity index (χ3v) is 6.71. The summed E-state index contributed by atoms with van der Waals surface area (Å²) in [6.07, 6.45) is -1.85. The number of hydrogen-bond acceptors (Lipinski definition) is 4. The molecular weight excluding hydrogens is 457 g/mol. The van der Waals surface area contributed by atoms with Crippen molar-refractivity contribution in [1.29, 1.82) is 5.26 Å². The summed E-state index contributed by atoms with van der Waals surface area (Å²) in [6, 6.07) is 3.27. The fourth-order valence-corrected chi connectivity index (χ4v) is 4.02. The second-order valence-corrected chi connectivity index (χ2v) is 10.9. The van der Waals surface area contributed by atoms with Gasteiger partial charge in [0.15, 0.2) is 6.04 Å². The quantitative estimate of drug-likeness (QED) is 0.498. The van der Waals surface area contributed by atoms with Gasteiger partial charge in [0.05, 0.1) is 11.5 Å². The Morgan fingerprint density at radius 3 is 2.54 bits per heavy atom. The van der Waals surface area contributed by atoms with Crippen molar-refractivity contribution in [3.63, 3.8) is 0 Å². The SMILES string of the molecule is CC(C)(C)[S@+]([O-])NC(c1cn(CC2(C#N)CC2)c2nc(Br)ccc12)C(F)(F)F. The van der Waals surface area contributed by atoms with Crippen LogP contribution in [0.3, 0.4) is 0 Å². The molecule has 1 aliphatic rings.